The number of rotatable bonds is 5. The molecule has 0 aliphatic rings. The number of nitrogens with zero attached hydrogens (tertiary/aromatic N) is 3. The fourth-order valence-electron chi connectivity index (χ4n) is 1.64. The molecule has 1 aromatic rings. The molecule has 0 saturated heterocycles. The summed E-state index contributed by atoms with van der Waals surface area (Å²) in [5, 5.41) is 18.4. The van der Waals surface area contributed by atoms with Gasteiger partial charge in [0.15, 0.2) is 5.03 Å². The van der Waals surface area contributed by atoms with Gasteiger partial charge in [-0.15, -0.1) is 0 Å². The monoisotopic (exact) mass is 290 g/mol. The van der Waals surface area contributed by atoms with Crippen LogP contribution in [0, 0.1) is 22.7 Å². The zero-order valence-electron chi connectivity index (χ0n) is 11.4. The van der Waals surface area contributed by atoms with Crippen molar-refractivity contribution in [3.63, 3.8) is 0 Å². The zero-order valence-corrected chi connectivity index (χ0v) is 12.3. The molecule has 0 spiro atoms. The summed E-state index contributed by atoms with van der Waals surface area (Å²) in [6, 6.07) is 5.33. The number of hydrogen-bond acceptors (Lipinski definition) is 5. The first-order valence-corrected chi connectivity index (χ1v) is 7.12. The Bertz CT molecular complexity index is 584. The topological polar surface area (TPSA) is 108 Å². The van der Waals surface area contributed by atoms with Crippen molar-refractivity contribution in [1.29, 1.82) is 10.5 Å². The van der Waals surface area contributed by atoms with Gasteiger partial charge >= 0.3 is 0 Å². The fourth-order valence-corrected chi connectivity index (χ4v) is 2.53. The highest BCUT2D eigenvalue weighted by atomic mass is 32.2. The number of carbonyl (C=O) groups excluding carboxylic acids is 1. The largest absolute Gasteiger partial charge is 0.343 e. The van der Waals surface area contributed by atoms with E-state index >= 15 is 0 Å². The van der Waals surface area contributed by atoms with Crippen molar-refractivity contribution in [2.24, 2.45) is 0 Å². The van der Waals surface area contributed by atoms with Crippen LogP contribution in [0.1, 0.15) is 25.0 Å². The molecule has 7 heteroatoms. The van der Waals surface area contributed by atoms with Gasteiger partial charge in [-0.3, -0.25) is 10.5 Å². The van der Waals surface area contributed by atoms with E-state index in [1.54, 1.807) is 4.90 Å². The maximum absolute atomic E-state index is 11.9. The molecule has 3 N–H and O–H groups in total. The smallest absolute Gasteiger partial charge is 0.289 e. The van der Waals surface area contributed by atoms with E-state index in [-0.39, 0.29) is 23.0 Å². The quantitative estimate of drug-likeness (QED) is 0.806. The summed E-state index contributed by atoms with van der Waals surface area (Å²) in [6.45, 7) is 5.14. The van der Waals surface area contributed by atoms with E-state index in [9.17, 15) is 4.79 Å². The maximum Gasteiger partial charge on any atom is 0.289 e. The number of nitrogen functional groups attached to an aromatic ring is 1. The van der Waals surface area contributed by atoms with Crippen LogP contribution in [0.2, 0.25) is 0 Å². The predicted molar refractivity (Wildman–Crippen MR) is 75.5 cm³/mol. The Balaban J connectivity index is 2.89. The number of amides is 1. The standard InChI is InChI=1S/C13H15N5OS/c1-3-18(4-2)11(19)8-20-13-10(7-15)5-9(6-14)12(16)17-13/h5H,3-4,8H2,1-2H3,(H2,16,17)/p+1. The minimum absolute atomic E-state index is 0.000205. The molecule has 0 radical (unpaired) electrons. The van der Waals surface area contributed by atoms with Crippen LogP contribution >= 0.6 is 11.8 Å². The molecule has 1 rings (SSSR count). The Hall–Kier alpha value is -2.25. The van der Waals surface area contributed by atoms with Crippen molar-refractivity contribution in [3.05, 3.63) is 17.2 Å². The van der Waals surface area contributed by atoms with Crippen molar-refractivity contribution in [3.8, 4) is 12.1 Å². The van der Waals surface area contributed by atoms with Gasteiger partial charge in [-0.05, 0) is 19.9 Å². The highest BCUT2D eigenvalue weighted by molar-refractivity contribution is 7.99. The molecule has 0 fully saturated rings. The van der Waals surface area contributed by atoms with Crippen LogP contribution in [0.3, 0.4) is 0 Å². The second kappa shape index (κ2) is 7.37. The van der Waals surface area contributed by atoms with Gasteiger partial charge in [-0.25, -0.2) is 4.98 Å². The molecule has 1 heterocycles. The summed E-state index contributed by atoms with van der Waals surface area (Å²) in [6.07, 6.45) is 0. The molecule has 104 valence electrons. The van der Waals surface area contributed by atoms with Gasteiger partial charge in [-0.1, -0.05) is 11.8 Å². The number of H-pyrrole nitrogens is 1. The lowest BCUT2D eigenvalue weighted by Gasteiger charge is -2.17. The lowest BCUT2D eigenvalue weighted by Crippen LogP contribution is -2.32. The third kappa shape index (κ3) is 3.62. The Kier molecular flexibility index (Phi) is 5.82. The van der Waals surface area contributed by atoms with Crippen LogP contribution in [-0.4, -0.2) is 29.6 Å². The number of nitriles is 2. The van der Waals surface area contributed by atoms with Crippen molar-refractivity contribution >= 4 is 23.5 Å². The normalized spacial score (nSPS) is 9.60. The molecule has 0 saturated carbocycles. The summed E-state index contributed by atoms with van der Waals surface area (Å²) < 4.78 is 0. The third-order valence-corrected chi connectivity index (χ3v) is 3.77. The Morgan fingerprint density at radius 2 is 1.95 bits per heavy atom. The van der Waals surface area contributed by atoms with E-state index < -0.39 is 0 Å². The average Bonchev–Trinajstić information content (AvgIpc) is 2.46. The van der Waals surface area contributed by atoms with E-state index in [0.717, 1.165) is 0 Å². The lowest BCUT2D eigenvalue weighted by atomic mass is 10.2. The van der Waals surface area contributed by atoms with Gasteiger partial charge in [0.1, 0.15) is 23.3 Å². The molecule has 1 amide bonds. The van der Waals surface area contributed by atoms with Crippen LogP contribution in [0.25, 0.3) is 0 Å². The van der Waals surface area contributed by atoms with E-state index in [1.807, 2.05) is 26.0 Å². The van der Waals surface area contributed by atoms with Crippen LogP contribution in [0.4, 0.5) is 5.82 Å². The molecule has 0 aliphatic carbocycles. The Morgan fingerprint density at radius 1 is 1.35 bits per heavy atom. The van der Waals surface area contributed by atoms with E-state index in [1.165, 1.54) is 17.8 Å². The van der Waals surface area contributed by atoms with Gasteiger partial charge < -0.3 is 4.90 Å². The van der Waals surface area contributed by atoms with Crippen LogP contribution in [-0.2, 0) is 4.79 Å². The van der Waals surface area contributed by atoms with E-state index in [4.69, 9.17) is 16.3 Å². The number of carbonyl (C=O) groups is 1. The molecule has 0 bridgehead atoms. The van der Waals surface area contributed by atoms with Gasteiger partial charge in [0.25, 0.3) is 5.82 Å². The zero-order chi connectivity index (χ0) is 15.1. The number of aromatic amines is 1. The van der Waals surface area contributed by atoms with Gasteiger partial charge in [-0.2, -0.15) is 10.5 Å². The van der Waals surface area contributed by atoms with Crippen LogP contribution < -0.4 is 10.7 Å². The second-order valence-corrected chi connectivity index (χ2v) is 4.90. The average molecular weight is 290 g/mol. The first-order chi connectivity index (χ1) is 9.57. The van der Waals surface area contributed by atoms with Crippen molar-refractivity contribution < 1.29 is 9.78 Å². The van der Waals surface area contributed by atoms with Crippen LogP contribution in [0.15, 0.2) is 11.1 Å². The summed E-state index contributed by atoms with van der Waals surface area (Å²) in [7, 11) is 0. The highest BCUT2D eigenvalue weighted by Crippen LogP contribution is 2.20. The highest BCUT2D eigenvalue weighted by Gasteiger charge is 2.17. The molecule has 0 aromatic carbocycles. The Labute approximate surface area is 122 Å². The van der Waals surface area contributed by atoms with E-state index in [0.29, 0.717) is 23.7 Å². The molecule has 0 atom stereocenters. The Morgan fingerprint density at radius 3 is 2.45 bits per heavy atom. The molecule has 1 aromatic heterocycles. The van der Waals surface area contributed by atoms with E-state index in [2.05, 4.69) is 4.98 Å². The first-order valence-electron chi connectivity index (χ1n) is 6.13. The summed E-state index contributed by atoms with van der Waals surface area (Å²) in [5.74, 6) is 0.419. The van der Waals surface area contributed by atoms with Gasteiger partial charge in [0, 0.05) is 13.1 Å². The summed E-state index contributed by atoms with van der Waals surface area (Å²) in [5.41, 5.74) is 6.21. The third-order valence-electron chi connectivity index (χ3n) is 2.77. The lowest BCUT2D eigenvalue weighted by molar-refractivity contribution is -0.410. The molecule has 0 aliphatic heterocycles. The number of thioether (sulfide) groups is 1. The number of pyridine rings is 1. The van der Waals surface area contributed by atoms with Gasteiger partial charge in [0.05, 0.1) is 5.75 Å². The summed E-state index contributed by atoms with van der Waals surface area (Å²) >= 11 is 1.21. The molecular formula is C13H16N5OS+. The number of nitrogens with one attached hydrogen (secondary N) is 1. The van der Waals surface area contributed by atoms with Crippen LogP contribution in [0.5, 0.6) is 0 Å². The number of aromatic nitrogens is 1. The first kappa shape index (κ1) is 15.8. The van der Waals surface area contributed by atoms with Gasteiger partial charge in [0.2, 0.25) is 5.91 Å². The molecule has 20 heavy (non-hydrogen) atoms. The fraction of sp³-hybridized carbons (Fsp3) is 0.385. The molecule has 0 unspecified atom stereocenters. The van der Waals surface area contributed by atoms with Crippen molar-refractivity contribution in [2.75, 3.05) is 24.6 Å². The second-order valence-electron chi connectivity index (χ2n) is 3.92. The number of hydrogen-bond donors (Lipinski definition) is 1. The number of anilines is 1. The molecular weight excluding hydrogens is 274 g/mol. The minimum atomic E-state index is 0.000205. The predicted octanol–water partition coefficient (Wildman–Crippen LogP) is 0.787. The summed E-state index contributed by atoms with van der Waals surface area (Å²) in [4.78, 5) is 16.4. The minimum Gasteiger partial charge on any atom is -0.343 e. The van der Waals surface area contributed by atoms with Crippen molar-refractivity contribution in [2.45, 2.75) is 18.9 Å². The molecule has 6 nitrogen and oxygen atoms in total. The van der Waals surface area contributed by atoms with Crippen molar-refractivity contribution in [1.82, 2.24) is 4.90 Å². The SMILES string of the molecule is CCN(CC)C(=O)CSc1[nH+]c(N)c(C#N)cc1C#N. The maximum atomic E-state index is 11.9. The number of nitrogens with two attached hydrogens (primary N) is 1.